The number of amides is 3. The predicted molar refractivity (Wildman–Crippen MR) is 162 cm³/mol. The number of aryl methyl sites for hydroxylation is 1. The number of piperidine rings is 1. The third-order valence-electron chi connectivity index (χ3n) is 8.34. The molecule has 11 nitrogen and oxygen atoms in total. The van der Waals surface area contributed by atoms with Crippen LogP contribution in [0.1, 0.15) is 45.1 Å². The van der Waals surface area contributed by atoms with E-state index in [4.69, 9.17) is 11.6 Å². The molecule has 1 fully saturated rings. The largest absolute Gasteiger partial charge is 0.465 e. The van der Waals surface area contributed by atoms with Crippen molar-refractivity contribution in [3.05, 3.63) is 59.1 Å². The van der Waals surface area contributed by atoms with Gasteiger partial charge < -0.3 is 19.8 Å². The minimum atomic E-state index is -3.98. The average molecular weight is 630 g/mol. The first-order valence-corrected chi connectivity index (χ1v) is 16.2. The fourth-order valence-electron chi connectivity index (χ4n) is 5.99. The Morgan fingerprint density at radius 1 is 1.12 bits per heavy atom. The Morgan fingerprint density at radius 2 is 1.77 bits per heavy atom. The number of likely N-dealkylation sites (tertiary alicyclic amines) is 1. The van der Waals surface area contributed by atoms with Crippen molar-refractivity contribution in [2.24, 2.45) is 5.92 Å². The van der Waals surface area contributed by atoms with E-state index in [9.17, 15) is 27.9 Å². The van der Waals surface area contributed by atoms with Gasteiger partial charge in [0.15, 0.2) is 9.84 Å². The second-order valence-corrected chi connectivity index (χ2v) is 14.8. The van der Waals surface area contributed by atoms with Crippen LogP contribution in [0.25, 0.3) is 10.8 Å². The van der Waals surface area contributed by atoms with Gasteiger partial charge in [0.2, 0.25) is 5.91 Å². The van der Waals surface area contributed by atoms with Crippen molar-refractivity contribution in [2.45, 2.75) is 63.6 Å². The van der Waals surface area contributed by atoms with Gasteiger partial charge in [0, 0.05) is 36.2 Å². The lowest BCUT2D eigenvalue weighted by Gasteiger charge is -2.39. The van der Waals surface area contributed by atoms with E-state index in [1.807, 2.05) is 0 Å². The molecule has 0 bridgehead atoms. The summed E-state index contributed by atoms with van der Waals surface area (Å²) in [6.07, 6.45) is 1.53. The molecule has 0 spiro atoms. The van der Waals surface area contributed by atoms with Crippen LogP contribution < -0.4 is 0 Å². The highest BCUT2D eigenvalue weighted by molar-refractivity contribution is 7.91. The molecule has 3 heterocycles. The van der Waals surface area contributed by atoms with E-state index >= 15 is 0 Å². The molecule has 1 N–H and O–H groups in total. The van der Waals surface area contributed by atoms with Gasteiger partial charge in [0.05, 0.1) is 35.0 Å². The van der Waals surface area contributed by atoms with Crippen molar-refractivity contribution in [3.8, 4) is 0 Å². The minimum Gasteiger partial charge on any atom is -0.465 e. The van der Waals surface area contributed by atoms with Crippen molar-refractivity contribution in [1.82, 2.24) is 24.3 Å². The predicted octanol–water partition coefficient (Wildman–Crippen LogP) is 4.64. The van der Waals surface area contributed by atoms with Crippen LogP contribution in [0.15, 0.2) is 47.5 Å². The van der Waals surface area contributed by atoms with E-state index in [0.717, 1.165) is 16.0 Å². The molecule has 1 aromatic heterocycles. The summed E-state index contributed by atoms with van der Waals surface area (Å²) in [7, 11) is -3.98. The highest BCUT2D eigenvalue weighted by Crippen LogP contribution is 2.29. The number of carboxylic acid groups (broad SMARTS) is 1. The Morgan fingerprint density at radius 3 is 2.40 bits per heavy atom. The van der Waals surface area contributed by atoms with Gasteiger partial charge in [-0.25, -0.2) is 23.0 Å². The number of carbonyl (C=O) groups is 3. The Kier molecular flexibility index (Phi) is 8.21. The van der Waals surface area contributed by atoms with Crippen molar-refractivity contribution in [1.29, 1.82) is 0 Å². The number of halogens is 1. The average Bonchev–Trinajstić information content (AvgIpc) is 3.48. The van der Waals surface area contributed by atoms with Gasteiger partial charge in [-0.2, -0.15) is 0 Å². The summed E-state index contributed by atoms with van der Waals surface area (Å²) < 4.78 is 29.0. The second kappa shape index (κ2) is 11.5. The van der Waals surface area contributed by atoms with Crippen molar-refractivity contribution < 1.29 is 27.9 Å². The standard InChI is InChI=1S/C30H36ClN5O6S/c1-19-32-15-25-17-34(28(38)36(19)25)24-9-11-33(12-10-24)27(37)22(16-35(29(39)40)30(2,3)4)18-43(41,42)26-8-6-20-13-23(31)7-5-21(20)14-26/h5-8,13-15,22,24H,9-12,16-18H2,1-4H3,(H,39,40)/t22-/m1/s1. The molecule has 1 atom stereocenters. The molecular formula is C30H36ClN5O6S. The van der Waals surface area contributed by atoms with E-state index in [1.165, 1.54) is 6.07 Å². The Balaban J connectivity index is 1.35. The molecule has 3 aromatic rings. The van der Waals surface area contributed by atoms with Crippen LogP contribution in [-0.2, 0) is 21.2 Å². The number of hydrogen-bond donors (Lipinski definition) is 1. The first-order chi connectivity index (χ1) is 20.2. The zero-order valence-electron chi connectivity index (χ0n) is 24.7. The lowest BCUT2D eigenvalue weighted by molar-refractivity contribution is -0.137. The Hall–Kier alpha value is -3.64. The molecule has 2 aromatic carbocycles. The molecule has 3 amide bonds. The zero-order valence-corrected chi connectivity index (χ0v) is 26.2. The molecule has 0 unspecified atom stereocenters. The van der Waals surface area contributed by atoms with Gasteiger partial charge >= 0.3 is 12.1 Å². The third-order valence-corrected chi connectivity index (χ3v) is 10.4. The highest BCUT2D eigenvalue weighted by atomic mass is 35.5. The fraction of sp³-hybridized carbons (Fsp3) is 0.467. The fourth-order valence-corrected chi connectivity index (χ4v) is 7.72. The maximum Gasteiger partial charge on any atom is 0.407 e. The van der Waals surface area contributed by atoms with Gasteiger partial charge in [0.25, 0.3) is 0 Å². The number of hydrogen-bond acceptors (Lipinski definition) is 6. The molecule has 0 radical (unpaired) electrons. The van der Waals surface area contributed by atoms with Gasteiger partial charge in [-0.1, -0.05) is 23.7 Å². The molecule has 2 aliphatic heterocycles. The van der Waals surface area contributed by atoms with Crippen molar-refractivity contribution in [3.63, 3.8) is 0 Å². The van der Waals surface area contributed by atoms with Crippen molar-refractivity contribution >= 4 is 50.2 Å². The number of imidazole rings is 1. The van der Waals surface area contributed by atoms with E-state index in [-0.39, 0.29) is 23.5 Å². The molecule has 43 heavy (non-hydrogen) atoms. The maximum atomic E-state index is 14.0. The number of aromatic nitrogens is 2. The monoisotopic (exact) mass is 629 g/mol. The normalized spacial score (nSPS) is 16.9. The first kappa shape index (κ1) is 30.8. The summed E-state index contributed by atoms with van der Waals surface area (Å²) in [4.78, 5) is 47.9. The molecule has 2 aliphatic rings. The topological polar surface area (TPSA) is 133 Å². The molecular weight excluding hydrogens is 594 g/mol. The third kappa shape index (κ3) is 6.21. The number of nitrogens with zero attached hydrogens (tertiary/aromatic N) is 5. The maximum absolute atomic E-state index is 14.0. The summed E-state index contributed by atoms with van der Waals surface area (Å²) >= 11 is 6.08. The second-order valence-electron chi connectivity index (χ2n) is 12.3. The van der Waals surface area contributed by atoms with E-state index in [1.54, 1.807) is 78.6 Å². The van der Waals surface area contributed by atoms with Gasteiger partial charge in [-0.15, -0.1) is 0 Å². The number of carbonyl (C=O) groups excluding carboxylic acids is 2. The van der Waals surface area contributed by atoms with Crippen molar-refractivity contribution in [2.75, 3.05) is 25.4 Å². The molecule has 0 saturated carbocycles. The van der Waals surface area contributed by atoms with E-state index < -0.39 is 39.0 Å². The first-order valence-electron chi connectivity index (χ1n) is 14.2. The molecule has 0 aliphatic carbocycles. The van der Waals surface area contributed by atoms with Crippen LogP contribution in [0.5, 0.6) is 0 Å². The SMILES string of the molecule is Cc1ncc2n1C(=O)N(C1CCN(C(=O)[C@H](CN(C(=O)O)C(C)(C)C)CS(=O)(=O)c3ccc4cc(Cl)ccc4c3)CC1)C2. The summed E-state index contributed by atoms with van der Waals surface area (Å²) in [6, 6.07) is 9.65. The van der Waals surface area contributed by atoms with Gasteiger partial charge in [-0.05, 0) is 75.6 Å². The zero-order chi connectivity index (χ0) is 31.3. The lowest BCUT2D eigenvalue weighted by atomic mass is 9.99. The summed E-state index contributed by atoms with van der Waals surface area (Å²) in [5, 5.41) is 12.0. The van der Waals surface area contributed by atoms with Crippen LogP contribution in [0.2, 0.25) is 5.02 Å². The molecule has 13 heteroatoms. The van der Waals surface area contributed by atoms with Gasteiger partial charge in [0.1, 0.15) is 5.82 Å². The Labute approximate surface area is 255 Å². The molecule has 230 valence electrons. The summed E-state index contributed by atoms with van der Waals surface area (Å²) in [5.74, 6) is -1.45. The number of fused-ring (bicyclic) bond motifs is 2. The molecule has 5 rings (SSSR count). The van der Waals surface area contributed by atoms with E-state index in [2.05, 4.69) is 4.98 Å². The summed E-state index contributed by atoms with van der Waals surface area (Å²) in [6.45, 7) is 7.74. The smallest absolute Gasteiger partial charge is 0.407 e. The summed E-state index contributed by atoms with van der Waals surface area (Å²) in [5.41, 5.74) is -0.0258. The molecule has 1 saturated heterocycles. The number of sulfone groups is 1. The van der Waals surface area contributed by atoms with Crippen LogP contribution in [-0.4, -0.2) is 92.8 Å². The lowest BCUT2D eigenvalue weighted by Crippen LogP contribution is -2.53. The quantitative estimate of drug-likeness (QED) is 0.402. The van der Waals surface area contributed by atoms with E-state index in [0.29, 0.717) is 48.7 Å². The Bertz CT molecular complexity index is 1690. The number of benzene rings is 2. The van der Waals surface area contributed by atoms with Gasteiger partial charge in [-0.3, -0.25) is 9.36 Å². The number of rotatable bonds is 7. The van der Waals surface area contributed by atoms with Crippen LogP contribution in [0.4, 0.5) is 9.59 Å². The van der Waals surface area contributed by atoms with Crippen LogP contribution in [0, 0.1) is 12.8 Å². The van der Waals surface area contributed by atoms with Crippen LogP contribution in [0.3, 0.4) is 0 Å². The highest BCUT2D eigenvalue weighted by Gasteiger charge is 2.40. The minimum absolute atomic E-state index is 0.0534. The van der Waals surface area contributed by atoms with Crippen LogP contribution >= 0.6 is 11.6 Å².